The minimum absolute atomic E-state index is 0.144. The summed E-state index contributed by atoms with van der Waals surface area (Å²) in [4.78, 5) is 2.43. The van der Waals surface area contributed by atoms with E-state index in [-0.39, 0.29) is 5.41 Å². The minimum atomic E-state index is -0.144. The Labute approximate surface area is 275 Å². The second-order valence-electron chi connectivity index (χ2n) is 13.0. The number of para-hydroxylation sites is 1. The van der Waals surface area contributed by atoms with E-state index in [0.717, 1.165) is 39.0 Å². The Balaban J connectivity index is 1.38. The Hall–Kier alpha value is -5.86. The summed E-state index contributed by atoms with van der Waals surface area (Å²) >= 11 is 0. The molecule has 0 atom stereocenters. The Morgan fingerprint density at radius 3 is 1.94 bits per heavy atom. The lowest BCUT2D eigenvalue weighted by Gasteiger charge is -2.30. The predicted octanol–water partition coefficient (Wildman–Crippen LogP) is 12.7. The number of rotatable bonds is 5. The fourth-order valence-corrected chi connectivity index (χ4v) is 7.71. The second-order valence-corrected chi connectivity index (χ2v) is 13.0. The third kappa shape index (κ3) is 4.33. The lowest BCUT2D eigenvalue weighted by molar-refractivity contribution is 0.662. The average Bonchev–Trinajstić information content (AvgIpc) is 3.62. The summed E-state index contributed by atoms with van der Waals surface area (Å²) in [6, 6.07) is 58.9. The smallest absolute Gasteiger partial charge is 0.137 e. The summed E-state index contributed by atoms with van der Waals surface area (Å²) in [5.41, 5.74) is 15.1. The third-order valence-corrected chi connectivity index (χ3v) is 9.81. The maximum absolute atomic E-state index is 6.42. The van der Waals surface area contributed by atoms with Crippen molar-refractivity contribution >= 4 is 39.0 Å². The normalized spacial score (nSPS) is 13.1. The molecule has 0 bridgehead atoms. The first-order valence-corrected chi connectivity index (χ1v) is 16.3. The molecule has 2 nitrogen and oxygen atoms in total. The molecule has 0 saturated heterocycles. The number of furan rings is 1. The van der Waals surface area contributed by atoms with Gasteiger partial charge < -0.3 is 9.32 Å². The van der Waals surface area contributed by atoms with Crippen LogP contribution in [0.25, 0.3) is 55.3 Å². The highest BCUT2D eigenvalue weighted by Gasteiger charge is 2.38. The molecule has 1 aliphatic carbocycles. The monoisotopic (exact) mass is 603 g/mol. The molecule has 0 fully saturated rings. The molecule has 0 amide bonds. The molecule has 47 heavy (non-hydrogen) atoms. The predicted molar refractivity (Wildman–Crippen MR) is 197 cm³/mol. The van der Waals surface area contributed by atoms with Crippen LogP contribution in [-0.2, 0) is 5.41 Å². The molecule has 0 radical (unpaired) electrons. The Morgan fingerprint density at radius 1 is 0.468 bits per heavy atom. The molecule has 224 valence electrons. The van der Waals surface area contributed by atoms with E-state index in [9.17, 15) is 0 Å². The first-order valence-electron chi connectivity index (χ1n) is 16.3. The highest BCUT2D eigenvalue weighted by molar-refractivity contribution is 6.13. The summed E-state index contributed by atoms with van der Waals surface area (Å²) in [6.07, 6.45) is 0. The first kappa shape index (κ1) is 27.5. The fraction of sp³-hybridized carbons (Fsp3) is 0.0667. The van der Waals surface area contributed by atoms with E-state index in [1.165, 1.54) is 44.5 Å². The molecule has 0 spiro atoms. The lowest BCUT2D eigenvalue weighted by Crippen LogP contribution is -2.17. The highest BCUT2D eigenvalue weighted by atomic mass is 16.3. The molecule has 1 aromatic heterocycles. The zero-order chi connectivity index (χ0) is 31.5. The van der Waals surface area contributed by atoms with Crippen molar-refractivity contribution < 1.29 is 4.42 Å². The van der Waals surface area contributed by atoms with Crippen LogP contribution in [0, 0.1) is 0 Å². The molecule has 0 aliphatic heterocycles. The zero-order valence-electron chi connectivity index (χ0n) is 26.4. The summed E-state index contributed by atoms with van der Waals surface area (Å²) < 4.78 is 6.42. The van der Waals surface area contributed by atoms with Crippen LogP contribution in [0.15, 0.2) is 168 Å². The van der Waals surface area contributed by atoms with Crippen LogP contribution in [0.4, 0.5) is 17.1 Å². The quantitative estimate of drug-likeness (QED) is 0.195. The Morgan fingerprint density at radius 2 is 1.11 bits per heavy atom. The van der Waals surface area contributed by atoms with Crippen molar-refractivity contribution in [3.05, 3.63) is 175 Å². The highest BCUT2D eigenvalue weighted by Crippen LogP contribution is 2.55. The molecule has 1 aliphatic rings. The number of nitrogens with zero attached hydrogens (tertiary/aromatic N) is 1. The van der Waals surface area contributed by atoms with Crippen molar-refractivity contribution in [2.45, 2.75) is 19.3 Å². The van der Waals surface area contributed by atoms with Gasteiger partial charge in [0.05, 0.1) is 11.1 Å². The fourth-order valence-electron chi connectivity index (χ4n) is 7.71. The van der Waals surface area contributed by atoms with Gasteiger partial charge in [0.15, 0.2) is 0 Å². The van der Waals surface area contributed by atoms with Crippen molar-refractivity contribution in [1.29, 1.82) is 0 Å². The molecule has 7 aromatic carbocycles. The van der Waals surface area contributed by atoms with Gasteiger partial charge in [0, 0.05) is 22.2 Å². The summed E-state index contributed by atoms with van der Waals surface area (Å²) in [7, 11) is 0. The second kappa shape index (κ2) is 10.6. The van der Waals surface area contributed by atoms with E-state index in [1.54, 1.807) is 0 Å². The van der Waals surface area contributed by atoms with Gasteiger partial charge in [-0.15, -0.1) is 0 Å². The van der Waals surface area contributed by atoms with E-state index in [4.69, 9.17) is 4.42 Å². The molecule has 2 heteroatoms. The van der Waals surface area contributed by atoms with Gasteiger partial charge in [-0.25, -0.2) is 0 Å². The van der Waals surface area contributed by atoms with E-state index >= 15 is 0 Å². The van der Waals surface area contributed by atoms with E-state index in [1.807, 2.05) is 6.07 Å². The largest absolute Gasteiger partial charge is 0.456 e. The summed E-state index contributed by atoms with van der Waals surface area (Å²) in [5.74, 6) is 0. The SMILES string of the molecule is CC1(C)c2ccccc2-c2cc(N(c3cccc(-c4ccccc4)c3)c3cccc4oc5ccccc5c34)cc(-c3ccccc3)c21. The van der Waals surface area contributed by atoms with Crippen LogP contribution in [0.1, 0.15) is 25.0 Å². The standard InChI is InChI=1S/C45H33NO/c1-45(2)39-23-11-9-21-35(39)38-29-34(28-37(44(38)45)31-17-7-4-8-18-31)46(33-20-13-19-32(27-33)30-15-5-3-6-16-30)40-24-14-26-42-43(40)36-22-10-12-25-41(36)47-42/h3-29H,1-2H3. The summed E-state index contributed by atoms with van der Waals surface area (Å²) in [5, 5.41) is 2.22. The van der Waals surface area contributed by atoms with E-state index < -0.39 is 0 Å². The number of anilines is 3. The first-order chi connectivity index (χ1) is 23.1. The Kier molecular flexibility index (Phi) is 6.20. The van der Waals surface area contributed by atoms with Crippen molar-refractivity contribution in [2.75, 3.05) is 4.90 Å². The van der Waals surface area contributed by atoms with Gasteiger partial charge in [-0.1, -0.05) is 135 Å². The third-order valence-electron chi connectivity index (χ3n) is 9.81. The van der Waals surface area contributed by atoms with E-state index in [0.29, 0.717) is 0 Å². The molecule has 0 unspecified atom stereocenters. The van der Waals surface area contributed by atoms with Crippen molar-refractivity contribution in [2.24, 2.45) is 0 Å². The molecule has 0 saturated carbocycles. The van der Waals surface area contributed by atoms with Gasteiger partial charge in [0.2, 0.25) is 0 Å². The molecular formula is C45H33NO. The van der Waals surface area contributed by atoms with Crippen LogP contribution < -0.4 is 4.90 Å². The van der Waals surface area contributed by atoms with Crippen LogP contribution >= 0.6 is 0 Å². The zero-order valence-corrected chi connectivity index (χ0v) is 26.4. The topological polar surface area (TPSA) is 16.4 Å². The van der Waals surface area contributed by atoms with Crippen LogP contribution in [-0.4, -0.2) is 0 Å². The molecule has 0 N–H and O–H groups in total. The Bertz CT molecular complexity index is 2440. The maximum atomic E-state index is 6.42. The number of fused-ring (bicyclic) bond motifs is 6. The van der Waals surface area contributed by atoms with Gasteiger partial charge in [-0.2, -0.15) is 0 Å². The summed E-state index contributed by atoms with van der Waals surface area (Å²) in [6.45, 7) is 4.73. The van der Waals surface area contributed by atoms with Crippen LogP contribution in [0.3, 0.4) is 0 Å². The molecular weight excluding hydrogens is 571 g/mol. The van der Waals surface area contributed by atoms with Gasteiger partial charge >= 0.3 is 0 Å². The molecule has 8 aromatic rings. The maximum Gasteiger partial charge on any atom is 0.137 e. The van der Waals surface area contributed by atoms with Gasteiger partial charge in [0.25, 0.3) is 0 Å². The van der Waals surface area contributed by atoms with Crippen molar-refractivity contribution in [1.82, 2.24) is 0 Å². The van der Waals surface area contributed by atoms with Gasteiger partial charge in [-0.3, -0.25) is 0 Å². The average molecular weight is 604 g/mol. The lowest BCUT2D eigenvalue weighted by atomic mass is 9.78. The van der Waals surface area contributed by atoms with Crippen LogP contribution in [0.5, 0.6) is 0 Å². The number of hydrogen-bond donors (Lipinski definition) is 0. The molecule has 9 rings (SSSR count). The minimum Gasteiger partial charge on any atom is -0.456 e. The van der Waals surface area contributed by atoms with Gasteiger partial charge in [0.1, 0.15) is 11.2 Å². The van der Waals surface area contributed by atoms with Crippen molar-refractivity contribution in [3.63, 3.8) is 0 Å². The molecule has 1 heterocycles. The van der Waals surface area contributed by atoms with Crippen molar-refractivity contribution in [3.8, 4) is 33.4 Å². The van der Waals surface area contributed by atoms with Gasteiger partial charge in [-0.05, 0) is 87.0 Å². The van der Waals surface area contributed by atoms with E-state index in [2.05, 4.69) is 176 Å². The number of benzene rings is 7. The van der Waals surface area contributed by atoms with Crippen LogP contribution in [0.2, 0.25) is 0 Å². The number of hydrogen-bond acceptors (Lipinski definition) is 2.